The Morgan fingerprint density at radius 3 is 2.16 bits per heavy atom. The molecule has 2 N–H and O–H groups in total. The lowest BCUT2D eigenvalue weighted by molar-refractivity contribution is -0.118. The van der Waals surface area contributed by atoms with E-state index in [9.17, 15) is 14.4 Å². The monoisotopic (exact) mass is 498 g/mol. The van der Waals surface area contributed by atoms with Crippen molar-refractivity contribution >= 4 is 35.6 Å². The van der Waals surface area contributed by atoms with Crippen LogP contribution in [0.25, 0.3) is 12.2 Å². The number of anilines is 1. The Morgan fingerprint density at radius 2 is 1.54 bits per heavy atom. The molecule has 0 radical (unpaired) electrons. The maximum absolute atomic E-state index is 13.1. The number of rotatable bonds is 10. The van der Waals surface area contributed by atoms with E-state index >= 15 is 0 Å². The van der Waals surface area contributed by atoms with E-state index in [1.54, 1.807) is 67.6 Å². The first-order valence-electron chi connectivity index (χ1n) is 11.9. The standard InChI is InChI=1S/C30H30N2O5/c1-4-36-30(35)24-13-15-25(16-14-24)31-29(34)27(20-23-10-17-26(18-11-23)37-21(2)3)32-28(33)19-12-22-8-6-5-7-9-22/h5-21H,4H2,1-3H3,(H,31,34)(H,32,33)/b19-12+,27-20-. The van der Waals surface area contributed by atoms with Gasteiger partial charge in [0.1, 0.15) is 11.4 Å². The van der Waals surface area contributed by atoms with Gasteiger partial charge < -0.3 is 20.1 Å². The van der Waals surface area contributed by atoms with Crippen LogP contribution < -0.4 is 15.4 Å². The SMILES string of the molecule is CCOC(=O)c1ccc(NC(=O)/C(=C/c2ccc(OC(C)C)cc2)NC(=O)/C=C/c2ccccc2)cc1. The summed E-state index contributed by atoms with van der Waals surface area (Å²) in [5, 5.41) is 5.42. The summed E-state index contributed by atoms with van der Waals surface area (Å²) < 4.78 is 10.7. The third kappa shape index (κ3) is 8.81. The molecule has 37 heavy (non-hydrogen) atoms. The highest BCUT2D eigenvalue weighted by molar-refractivity contribution is 6.10. The Hall–Kier alpha value is -4.65. The first kappa shape index (κ1) is 26.9. The summed E-state index contributed by atoms with van der Waals surface area (Å²) in [4.78, 5) is 37.6. The molecule has 0 spiro atoms. The fraction of sp³-hybridized carbons (Fsp3) is 0.167. The normalized spacial score (nSPS) is 11.3. The van der Waals surface area contributed by atoms with Gasteiger partial charge in [0, 0.05) is 11.8 Å². The summed E-state index contributed by atoms with van der Waals surface area (Å²) in [5.41, 5.74) is 2.44. The number of ether oxygens (including phenoxy) is 2. The fourth-order valence-electron chi connectivity index (χ4n) is 3.25. The number of hydrogen-bond acceptors (Lipinski definition) is 5. The Kier molecular flexibility index (Phi) is 9.79. The molecule has 3 aromatic carbocycles. The summed E-state index contributed by atoms with van der Waals surface area (Å²) in [6.07, 6.45) is 4.64. The van der Waals surface area contributed by atoms with Gasteiger partial charge in [-0.25, -0.2) is 4.79 Å². The quantitative estimate of drug-likeness (QED) is 0.286. The Balaban J connectivity index is 1.80. The zero-order chi connectivity index (χ0) is 26.6. The molecule has 0 aliphatic rings. The van der Waals surface area contributed by atoms with E-state index in [1.165, 1.54) is 6.08 Å². The smallest absolute Gasteiger partial charge is 0.338 e. The Morgan fingerprint density at radius 1 is 0.865 bits per heavy atom. The maximum atomic E-state index is 13.1. The highest BCUT2D eigenvalue weighted by atomic mass is 16.5. The van der Waals surface area contributed by atoms with Crippen LogP contribution in [0, 0.1) is 0 Å². The average molecular weight is 499 g/mol. The molecular weight excluding hydrogens is 468 g/mol. The van der Waals surface area contributed by atoms with Gasteiger partial charge in [-0.3, -0.25) is 9.59 Å². The van der Waals surface area contributed by atoms with E-state index in [2.05, 4.69) is 10.6 Å². The Bertz CT molecular complexity index is 1260. The fourth-order valence-corrected chi connectivity index (χ4v) is 3.25. The van der Waals surface area contributed by atoms with Gasteiger partial charge in [-0.15, -0.1) is 0 Å². The molecule has 0 atom stereocenters. The van der Waals surface area contributed by atoms with Gasteiger partial charge in [0.25, 0.3) is 5.91 Å². The molecule has 0 saturated heterocycles. The lowest BCUT2D eigenvalue weighted by Crippen LogP contribution is -2.29. The van der Waals surface area contributed by atoms with Crippen molar-refractivity contribution in [2.45, 2.75) is 26.9 Å². The van der Waals surface area contributed by atoms with Crippen molar-refractivity contribution in [1.29, 1.82) is 0 Å². The number of nitrogens with one attached hydrogen (secondary N) is 2. The molecule has 0 aliphatic heterocycles. The molecule has 0 unspecified atom stereocenters. The van der Waals surface area contributed by atoms with Crippen LogP contribution >= 0.6 is 0 Å². The number of amides is 2. The minimum Gasteiger partial charge on any atom is -0.491 e. The Labute approximate surface area is 216 Å². The predicted octanol–water partition coefficient (Wildman–Crippen LogP) is 5.46. The third-order valence-corrected chi connectivity index (χ3v) is 4.95. The predicted molar refractivity (Wildman–Crippen MR) is 145 cm³/mol. The van der Waals surface area contributed by atoms with Gasteiger partial charge in [0.05, 0.1) is 18.3 Å². The lowest BCUT2D eigenvalue weighted by Gasteiger charge is -2.12. The third-order valence-electron chi connectivity index (χ3n) is 4.95. The molecule has 0 aliphatic carbocycles. The zero-order valence-electron chi connectivity index (χ0n) is 21.1. The van der Waals surface area contributed by atoms with Crippen LogP contribution in [0.3, 0.4) is 0 Å². The van der Waals surface area contributed by atoms with Crippen LogP contribution in [0.4, 0.5) is 5.69 Å². The topological polar surface area (TPSA) is 93.7 Å². The van der Waals surface area contributed by atoms with Gasteiger partial charge in [0.15, 0.2) is 0 Å². The second kappa shape index (κ2) is 13.4. The van der Waals surface area contributed by atoms with Crippen LogP contribution in [0.2, 0.25) is 0 Å². The minimum absolute atomic E-state index is 0.0358. The van der Waals surface area contributed by atoms with E-state index in [-0.39, 0.29) is 18.4 Å². The van der Waals surface area contributed by atoms with E-state index in [0.717, 1.165) is 5.56 Å². The van der Waals surface area contributed by atoms with Crippen molar-refractivity contribution in [2.75, 3.05) is 11.9 Å². The van der Waals surface area contributed by atoms with Crippen molar-refractivity contribution in [1.82, 2.24) is 5.32 Å². The summed E-state index contributed by atoms with van der Waals surface area (Å²) in [5.74, 6) is -0.714. The van der Waals surface area contributed by atoms with Crippen LogP contribution in [-0.4, -0.2) is 30.5 Å². The van der Waals surface area contributed by atoms with Crippen molar-refractivity contribution < 1.29 is 23.9 Å². The van der Waals surface area contributed by atoms with Crippen molar-refractivity contribution in [3.8, 4) is 5.75 Å². The number of carbonyl (C=O) groups is 3. The van der Waals surface area contributed by atoms with Gasteiger partial charge in [-0.1, -0.05) is 42.5 Å². The molecule has 190 valence electrons. The summed E-state index contributed by atoms with van der Waals surface area (Å²) in [6, 6.07) is 22.9. The first-order chi connectivity index (χ1) is 17.8. The van der Waals surface area contributed by atoms with Crippen LogP contribution in [0.5, 0.6) is 5.75 Å². The van der Waals surface area contributed by atoms with Crippen molar-refractivity contribution in [3.05, 3.63) is 107 Å². The van der Waals surface area contributed by atoms with Gasteiger partial charge >= 0.3 is 5.97 Å². The molecule has 0 bridgehead atoms. The molecule has 0 fully saturated rings. The van der Waals surface area contributed by atoms with Crippen molar-refractivity contribution in [3.63, 3.8) is 0 Å². The lowest BCUT2D eigenvalue weighted by atomic mass is 10.1. The largest absolute Gasteiger partial charge is 0.491 e. The molecule has 3 rings (SSSR count). The van der Waals surface area contributed by atoms with Gasteiger partial charge in [-0.05, 0) is 80.4 Å². The summed E-state index contributed by atoms with van der Waals surface area (Å²) in [6.45, 7) is 5.88. The van der Waals surface area contributed by atoms with Crippen LogP contribution in [0.1, 0.15) is 42.3 Å². The summed E-state index contributed by atoms with van der Waals surface area (Å²) in [7, 11) is 0. The summed E-state index contributed by atoms with van der Waals surface area (Å²) >= 11 is 0. The van der Waals surface area contributed by atoms with Crippen molar-refractivity contribution in [2.24, 2.45) is 0 Å². The highest BCUT2D eigenvalue weighted by Crippen LogP contribution is 2.17. The van der Waals surface area contributed by atoms with E-state index in [0.29, 0.717) is 22.6 Å². The van der Waals surface area contributed by atoms with Gasteiger partial charge in [-0.2, -0.15) is 0 Å². The first-order valence-corrected chi connectivity index (χ1v) is 11.9. The number of carbonyl (C=O) groups excluding carboxylic acids is 3. The molecule has 2 amide bonds. The molecule has 3 aromatic rings. The second-order valence-electron chi connectivity index (χ2n) is 8.28. The minimum atomic E-state index is -0.521. The van der Waals surface area contributed by atoms with Gasteiger partial charge in [0.2, 0.25) is 5.91 Å². The molecular formula is C30H30N2O5. The molecule has 0 aromatic heterocycles. The number of hydrogen-bond donors (Lipinski definition) is 2. The van der Waals surface area contributed by atoms with Crippen LogP contribution in [-0.2, 0) is 14.3 Å². The molecule has 0 heterocycles. The molecule has 7 heteroatoms. The number of esters is 1. The number of benzene rings is 3. The van der Waals surface area contributed by atoms with Crippen LogP contribution in [0.15, 0.2) is 90.6 Å². The molecule has 7 nitrogen and oxygen atoms in total. The van der Waals surface area contributed by atoms with E-state index in [1.807, 2.05) is 44.2 Å². The zero-order valence-corrected chi connectivity index (χ0v) is 21.1. The second-order valence-corrected chi connectivity index (χ2v) is 8.28. The highest BCUT2D eigenvalue weighted by Gasteiger charge is 2.14. The van der Waals surface area contributed by atoms with E-state index in [4.69, 9.17) is 9.47 Å². The van der Waals surface area contributed by atoms with E-state index < -0.39 is 17.8 Å². The average Bonchev–Trinajstić information content (AvgIpc) is 2.89. The molecule has 0 saturated carbocycles. The maximum Gasteiger partial charge on any atom is 0.338 e.